The first kappa shape index (κ1) is 39.4. The molecule has 1 amide bonds. The number of rotatable bonds is 16. The number of hydrogen-bond donors (Lipinski definition) is 7. The molecule has 2 rings (SSSR count). The third-order valence-electron chi connectivity index (χ3n) is 5.78. The van der Waals surface area contributed by atoms with E-state index in [1.165, 1.54) is 11.8 Å². The highest BCUT2D eigenvalue weighted by Crippen LogP contribution is 2.04. The van der Waals surface area contributed by atoms with Gasteiger partial charge in [0.15, 0.2) is 0 Å². The molecule has 0 fully saturated rings. The molecule has 13 heteroatoms. The molecule has 0 unspecified atom stereocenters. The van der Waals surface area contributed by atoms with Crippen LogP contribution in [0.15, 0.2) is 60.7 Å². The van der Waals surface area contributed by atoms with Crippen molar-refractivity contribution in [2.75, 3.05) is 18.6 Å². The summed E-state index contributed by atoms with van der Waals surface area (Å²) < 4.78 is 4.98. The number of alkyl carbamates (subject to hydrolysis) is 1. The molecule has 0 bridgehead atoms. The van der Waals surface area contributed by atoms with Crippen molar-refractivity contribution in [3.05, 3.63) is 71.8 Å². The number of hydrogen-bond acceptors (Lipinski definition) is 9. The predicted octanol–water partition coefficient (Wildman–Crippen LogP) is 3.14. The van der Waals surface area contributed by atoms with Crippen LogP contribution in [0.3, 0.4) is 0 Å². The Kier molecular flexibility index (Phi) is 21.8. The number of carboxylic acid groups (broad SMARTS) is 3. The molecule has 0 aromatic heterocycles. The van der Waals surface area contributed by atoms with Gasteiger partial charge in [0.1, 0.15) is 24.7 Å². The van der Waals surface area contributed by atoms with Gasteiger partial charge < -0.3 is 36.8 Å². The van der Waals surface area contributed by atoms with E-state index in [4.69, 9.17) is 31.5 Å². The van der Waals surface area contributed by atoms with Gasteiger partial charge in [-0.2, -0.15) is 11.8 Å². The minimum atomic E-state index is -1.07. The molecule has 0 saturated heterocycles. The lowest BCUT2D eigenvalue weighted by molar-refractivity contribution is -0.140. The van der Waals surface area contributed by atoms with Gasteiger partial charge in [-0.3, -0.25) is 14.9 Å². The number of amides is 1. The fraction of sp³-hybridized carbons (Fsp3) is 0.467. The molecule has 43 heavy (non-hydrogen) atoms. The lowest BCUT2D eigenvalue weighted by atomic mass is 10.1. The van der Waals surface area contributed by atoms with Crippen molar-refractivity contribution in [3.8, 4) is 0 Å². The molecule has 0 aliphatic heterocycles. The lowest BCUT2D eigenvalue weighted by Gasteiger charge is -2.14. The Labute approximate surface area is 257 Å². The number of carbonyl (C=O) groups is 4. The van der Waals surface area contributed by atoms with E-state index in [-0.39, 0.29) is 12.5 Å². The van der Waals surface area contributed by atoms with Crippen LogP contribution in [-0.2, 0) is 32.3 Å². The Balaban J connectivity index is 0.000000674. The van der Waals surface area contributed by atoms with Gasteiger partial charge in [0.05, 0.1) is 0 Å². The summed E-state index contributed by atoms with van der Waals surface area (Å²) in [5.41, 5.74) is 12.5. The van der Waals surface area contributed by atoms with Gasteiger partial charge in [-0.25, -0.2) is 9.59 Å². The molecule has 0 aliphatic rings. The van der Waals surface area contributed by atoms with Gasteiger partial charge in [0, 0.05) is 12.3 Å². The number of benzene rings is 2. The van der Waals surface area contributed by atoms with E-state index in [0.717, 1.165) is 17.5 Å². The van der Waals surface area contributed by atoms with Gasteiger partial charge in [-0.1, -0.05) is 74.5 Å². The van der Waals surface area contributed by atoms with Crippen LogP contribution in [-0.4, -0.2) is 76.0 Å². The van der Waals surface area contributed by atoms with Gasteiger partial charge in [-0.05, 0) is 49.1 Å². The summed E-state index contributed by atoms with van der Waals surface area (Å²) >= 11 is 1.53. The van der Waals surface area contributed by atoms with Crippen molar-refractivity contribution in [3.63, 3.8) is 0 Å². The quantitative estimate of drug-likeness (QED) is 0.134. The molecule has 240 valence electrons. The van der Waals surface area contributed by atoms with Gasteiger partial charge in [0.2, 0.25) is 0 Å². The Bertz CT molecular complexity index is 1060. The van der Waals surface area contributed by atoms with Gasteiger partial charge in [0.25, 0.3) is 0 Å². The van der Waals surface area contributed by atoms with E-state index < -0.39 is 42.1 Å². The predicted molar refractivity (Wildman–Crippen MR) is 168 cm³/mol. The Morgan fingerprint density at radius 2 is 1.37 bits per heavy atom. The topological polar surface area (TPSA) is 214 Å². The van der Waals surface area contributed by atoms with Gasteiger partial charge >= 0.3 is 24.0 Å². The number of carbonyl (C=O) groups excluding carboxylic acids is 1. The SMILES string of the molecule is CC(C)[C@H](N)C(=O)O.CSC[C@H](NCc1ccccc1)C(=O)O.NCCCC[C@H](NC(=O)OCc1ccccc1)C(=O)O. The minimum Gasteiger partial charge on any atom is -0.480 e. The fourth-order valence-electron chi connectivity index (χ4n) is 3.16. The van der Waals surface area contributed by atoms with Crippen LogP contribution in [0.4, 0.5) is 4.79 Å². The maximum absolute atomic E-state index is 11.5. The van der Waals surface area contributed by atoms with Crippen molar-refractivity contribution in [2.24, 2.45) is 17.4 Å². The molecule has 0 heterocycles. The number of aliphatic carboxylic acids is 3. The van der Waals surface area contributed by atoms with Crippen molar-refractivity contribution in [1.82, 2.24) is 10.6 Å². The van der Waals surface area contributed by atoms with Crippen molar-refractivity contribution in [2.45, 2.75) is 64.4 Å². The third kappa shape index (κ3) is 20.0. The highest BCUT2D eigenvalue weighted by atomic mass is 32.2. The van der Waals surface area contributed by atoms with Crippen LogP contribution in [0.1, 0.15) is 44.2 Å². The first-order valence-corrected chi connectivity index (χ1v) is 15.2. The number of nitrogens with two attached hydrogens (primary N) is 2. The molecule has 9 N–H and O–H groups in total. The number of unbranched alkanes of at least 4 members (excludes halogenated alkanes) is 1. The monoisotopic (exact) mass is 622 g/mol. The number of nitrogens with one attached hydrogen (secondary N) is 2. The van der Waals surface area contributed by atoms with E-state index in [9.17, 15) is 19.2 Å². The Morgan fingerprint density at radius 3 is 1.79 bits per heavy atom. The standard InChI is InChI=1S/C14H20N2O4.C11H15NO2S.C5H11NO2/c15-9-5-4-8-12(13(17)18)16-14(19)20-10-11-6-2-1-3-7-11;1-15-8-10(11(13)14)12-7-9-5-3-2-4-6-9;1-3(2)4(6)5(7)8/h1-3,6-7,12H,4-5,8-10,15H2,(H,16,19)(H,17,18);2-6,10,12H,7-8H2,1H3,(H,13,14);3-4H,6H2,1-2H3,(H,7,8)/t12-;10-;4-/m000/s1. The molecule has 0 aliphatic carbocycles. The zero-order valence-electron chi connectivity index (χ0n) is 25.0. The largest absolute Gasteiger partial charge is 0.480 e. The second-order valence-electron chi connectivity index (χ2n) is 9.70. The average molecular weight is 623 g/mol. The second-order valence-corrected chi connectivity index (χ2v) is 10.6. The zero-order chi connectivity index (χ0) is 32.6. The summed E-state index contributed by atoms with van der Waals surface area (Å²) in [7, 11) is 0. The van der Waals surface area contributed by atoms with Crippen LogP contribution < -0.4 is 22.1 Å². The average Bonchev–Trinajstić information content (AvgIpc) is 2.98. The minimum absolute atomic E-state index is 0.0208. The van der Waals surface area contributed by atoms with Crippen LogP contribution >= 0.6 is 11.8 Å². The number of carboxylic acids is 3. The molecular weight excluding hydrogens is 576 g/mol. The number of thioether (sulfide) groups is 1. The Morgan fingerprint density at radius 1 is 0.837 bits per heavy atom. The molecule has 2 aromatic carbocycles. The maximum atomic E-state index is 11.5. The summed E-state index contributed by atoms with van der Waals surface area (Å²) in [5, 5.41) is 31.5. The van der Waals surface area contributed by atoms with Crippen LogP contribution in [0.2, 0.25) is 0 Å². The van der Waals surface area contributed by atoms with E-state index >= 15 is 0 Å². The zero-order valence-corrected chi connectivity index (χ0v) is 25.8. The fourth-order valence-corrected chi connectivity index (χ4v) is 3.76. The summed E-state index contributed by atoms with van der Waals surface area (Å²) in [5.74, 6) is -2.19. The van der Waals surface area contributed by atoms with Crippen molar-refractivity contribution >= 4 is 35.8 Å². The molecule has 2 aromatic rings. The van der Waals surface area contributed by atoms with E-state index in [2.05, 4.69) is 10.6 Å². The van der Waals surface area contributed by atoms with E-state index in [1.807, 2.05) is 66.9 Å². The van der Waals surface area contributed by atoms with Crippen LogP contribution in [0, 0.1) is 5.92 Å². The molecule has 0 spiro atoms. The Hall–Kier alpha value is -3.65. The van der Waals surface area contributed by atoms with E-state index in [0.29, 0.717) is 31.7 Å². The summed E-state index contributed by atoms with van der Waals surface area (Å²) in [6.45, 7) is 4.77. The lowest BCUT2D eigenvalue weighted by Crippen LogP contribution is -2.41. The second kappa shape index (κ2) is 23.9. The first-order valence-electron chi connectivity index (χ1n) is 13.8. The summed E-state index contributed by atoms with van der Waals surface area (Å²) in [6, 6.07) is 16.8. The molecular formula is C30H46N4O8S. The molecule has 12 nitrogen and oxygen atoms in total. The van der Waals surface area contributed by atoms with Crippen LogP contribution in [0.5, 0.6) is 0 Å². The van der Waals surface area contributed by atoms with Crippen molar-refractivity contribution in [1.29, 1.82) is 0 Å². The smallest absolute Gasteiger partial charge is 0.408 e. The summed E-state index contributed by atoms with van der Waals surface area (Å²) in [6.07, 6.45) is 2.89. The molecule has 0 radical (unpaired) electrons. The highest BCUT2D eigenvalue weighted by molar-refractivity contribution is 7.98. The van der Waals surface area contributed by atoms with E-state index in [1.54, 1.807) is 13.8 Å². The first-order chi connectivity index (χ1) is 20.4. The van der Waals surface area contributed by atoms with Crippen molar-refractivity contribution < 1.29 is 39.2 Å². The molecule has 0 saturated carbocycles. The third-order valence-corrected chi connectivity index (χ3v) is 6.45. The highest BCUT2D eigenvalue weighted by Gasteiger charge is 2.20. The summed E-state index contributed by atoms with van der Waals surface area (Å²) in [4.78, 5) is 43.4. The number of ether oxygens (including phenoxy) is 1. The maximum Gasteiger partial charge on any atom is 0.408 e. The normalized spacial score (nSPS) is 12.3. The van der Waals surface area contributed by atoms with Gasteiger partial charge in [-0.15, -0.1) is 0 Å². The van der Waals surface area contributed by atoms with Crippen LogP contribution in [0.25, 0.3) is 0 Å². The molecule has 3 atom stereocenters.